The Hall–Kier alpha value is -3.78. The molecular formula is C23H20N4O3S. The number of sulfone groups is 1. The van der Waals surface area contributed by atoms with Crippen molar-refractivity contribution in [2.75, 3.05) is 5.32 Å². The maximum Gasteiger partial charge on any atom is 0.256 e. The molecule has 0 bridgehead atoms. The van der Waals surface area contributed by atoms with Crippen molar-refractivity contribution in [2.24, 2.45) is 0 Å². The Balaban J connectivity index is 1.46. The molecule has 0 atom stereocenters. The fourth-order valence-corrected chi connectivity index (χ4v) is 4.55. The minimum Gasteiger partial charge on any atom is -0.305 e. The Kier molecular flexibility index (Phi) is 5.64. The standard InChI is InChI=1S/C23H20N4O3S/c1-16-21(18-11-13-24-14-12-18)26-27-22(16)25-23(28)19-9-7-17(8-10-19)15-31(29,30)20-5-3-2-4-6-20/h2-14H,15H2,1H3,(H2,25,26,27,28). The van der Waals surface area contributed by atoms with E-state index in [4.69, 9.17) is 0 Å². The van der Waals surface area contributed by atoms with Crippen molar-refractivity contribution < 1.29 is 13.2 Å². The van der Waals surface area contributed by atoms with E-state index in [1.165, 1.54) is 0 Å². The van der Waals surface area contributed by atoms with Crippen molar-refractivity contribution in [3.8, 4) is 11.3 Å². The summed E-state index contributed by atoms with van der Waals surface area (Å²) in [5.74, 6) is -0.0203. The number of benzene rings is 2. The molecule has 0 aliphatic rings. The van der Waals surface area contributed by atoms with E-state index in [-0.39, 0.29) is 16.6 Å². The van der Waals surface area contributed by atoms with Crippen LogP contribution in [0.2, 0.25) is 0 Å². The third-order valence-electron chi connectivity index (χ3n) is 4.89. The molecule has 2 N–H and O–H groups in total. The molecule has 0 spiro atoms. The maximum absolute atomic E-state index is 12.6. The van der Waals surface area contributed by atoms with E-state index in [0.29, 0.717) is 16.9 Å². The van der Waals surface area contributed by atoms with Crippen molar-refractivity contribution in [1.82, 2.24) is 15.2 Å². The third-order valence-corrected chi connectivity index (χ3v) is 6.59. The average Bonchev–Trinajstić information content (AvgIpc) is 3.15. The van der Waals surface area contributed by atoms with Crippen LogP contribution in [0.1, 0.15) is 21.5 Å². The molecule has 2 heterocycles. The SMILES string of the molecule is Cc1c(NC(=O)c2ccc(CS(=O)(=O)c3ccccc3)cc2)n[nH]c1-c1ccncc1. The van der Waals surface area contributed by atoms with Crippen LogP contribution >= 0.6 is 0 Å². The van der Waals surface area contributed by atoms with Crippen LogP contribution in [0.4, 0.5) is 5.82 Å². The predicted octanol–water partition coefficient (Wildman–Crippen LogP) is 4.01. The summed E-state index contributed by atoms with van der Waals surface area (Å²) in [5.41, 5.74) is 3.55. The van der Waals surface area contributed by atoms with Crippen LogP contribution in [0, 0.1) is 6.92 Å². The zero-order chi connectivity index (χ0) is 21.8. The number of aromatic amines is 1. The lowest BCUT2D eigenvalue weighted by Crippen LogP contribution is -2.13. The molecule has 4 aromatic rings. The highest BCUT2D eigenvalue weighted by Gasteiger charge is 2.17. The second-order valence-electron chi connectivity index (χ2n) is 7.03. The number of carbonyl (C=O) groups is 1. The van der Waals surface area contributed by atoms with Crippen LogP contribution in [0.15, 0.2) is 84.0 Å². The summed E-state index contributed by atoms with van der Waals surface area (Å²) in [5, 5.41) is 9.93. The number of hydrogen-bond acceptors (Lipinski definition) is 5. The van der Waals surface area contributed by atoms with Gasteiger partial charge in [0.05, 0.1) is 16.3 Å². The number of anilines is 1. The van der Waals surface area contributed by atoms with Gasteiger partial charge in [0, 0.05) is 29.1 Å². The lowest BCUT2D eigenvalue weighted by molar-refractivity contribution is 0.102. The number of aromatic nitrogens is 3. The van der Waals surface area contributed by atoms with E-state index in [9.17, 15) is 13.2 Å². The second-order valence-corrected chi connectivity index (χ2v) is 9.02. The van der Waals surface area contributed by atoms with E-state index in [0.717, 1.165) is 16.8 Å². The summed E-state index contributed by atoms with van der Waals surface area (Å²) in [7, 11) is -3.44. The molecule has 2 aromatic carbocycles. The average molecular weight is 433 g/mol. The van der Waals surface area contributed by atoms with Crippen molar-refractivity contribution in [2.45, 2.75) is 17.6 Å². The first kappa shape index (κ1) is 20.5. The fraction of sp³-hybridized carbons (Fsp3) is 0.0870. The maximum atomic E-state index is 12.6. The summed E-state index contributed by atoms with van der Waals surface area (Å²) in [4.78, 5) is 16.9. The molecular weight excluding hydrogens is 412 g/mol. The number of pyridine rings is 1. The molecule has 0 radical (unpaired) electrons. The number of rotatable bonds is 6. The van der Waals surface area contributed by atoms with E-state index >= 15 is 0 Å². The lowest BCUT2D eigenvalue weighted by atomic mass is 10.1. The number of H-pyrrole nitrogens is 1. The topological polar surface area (TPSA) is 105 Å². The Morgan fingerprint density at radius 1 is 0.968 bits per heavy atom. The van der Waals surface area contributed by atoms with Gasteiger partial charge in [-0.25, -0.2) is 8.42 Å². The van der Waals surface area contributed by atoms with Crippen LogP contribution in [0.25, 0.3) is 11.3 Å². The molecule has 8 heteroatoms. The Labute approximate surface area is 180 Å². The lowest BCUT2D eigenvalue weighted by Gasteiger charge is -2.07. The van der Waals surface area contributed by atoms with Gasteiger partial charge in [0.25, 0.3) is 5.91 Å². The largest absolute Gasteiger partial charge is 0.305 e. The highest BCUT2D eigenvalue weighted by molar-refractivity contribution is 7.90. The molecule has 7 nitrogen and oxygen atoms in total. The Morgan fingerprint density at radius 3 is 2.32 bits per heavy atom. The van der Waals surface area contributed by atoms with Crippen molar-refractivity contribution in [1.29, 1.82) is 0 Å². The van der Waals surface area contributed by atoms with Gasteiger partial charge in [-0.05, 0) is 48.9 Å². The minimum atomic E-state index is -3.44. The van der Waals surface area contributed by atoms with Gasteiger partial charge >= 0.3 is 0 Å². The molecule has 0 aliphatic carbocycles. The van der Waals surface area contributed by atoms with E-state index in [1.54, 1.807) is 67.0 Å². The van der Waals surface area contributed by atoms with Gasteiger partial charge in [-0.1, -0.05) is 30.3 Å². The first-order valence-electron chi connectivity index (χ1n) is 9.57. The predicted molar refractivity (Wildman–Crippen MR) is 118 cm³/mol. The summed E-state index contributed by atoms with van der Waals surface area (Å²) in [6.45, 7) is 1.87. The molecule has 1 amide bonds. The second kappa shape index (κ2) is 8.53. The van der Waals surface area contributed by atoms with Gasteiger partial charge in [-0.2, -0.15) is 5.10 Å². The van der Waals surface area contributed by atoms with Crippen LogP contribution in [-0.2, 0) is 15.6 Å². The van der Waals surface area contributed by atoms with Gasteiger partial charge < -0.3 is 5.32 Å². The number of carbonyl (C=O) groups excluding carboxylic acids is 1. The van der Waals surface area contributed by atoms with E-state index < -0.39 is 9.84 Å². The quantitative estimate of drug-likeness (QED) is 0.479. The molecule has 2 aromatic heterocycles. The first-order valence-corrected chi connectivity index (χ1v) is 11.2. The molecule has 0 saturated heterocycles. The molecule has 0 fully saturated rings. The molecule has 31 heavy (non-hydrogen) atoms. The molecule has 156 valence electrons. The van der Waals surface area contributed by atoms with Crippen LogP contribution in [0.5, 0.6) is 0 Å². The zero-order valence-electron chi connectivity index (χ0n) is 16.7. The Bertz CT molecular complexity index is 1300. The summed E-state index contributed by atoms with van der Waals surface area (Å²) in [6, 6.07) is 18.5. The number of hydrogen-bond donors (Lipinski definition) is 2. The first-order chi connectivity index (χ1) is 14.9. The molecule has 0 aliphatic heterocycles. The number of nitrogens with zero attached hydrogens (tertiary/aromatic N) is 2. The molecule has 0 unspecified atom stereocenters. The Morgan fingerprint density at radius 2 is 1.65 bits per heavy atom. The van der Waals surface area contributed by atoms with Gasteiger partial charge in [0.15, 0.2) is 15.7 Å². The van der Waals surface area contributed by atoms with Crippen molar-refractivity contribution in [3.63, 3.8) is 0 Å². The monoisotopic (exact) mass is 432 g/mol. The molecule has 0 saturated carbocycles. The highest BCUT2D eigenvalue weighted by Crippen LogP contribution is 2.25. The summed E-state index contributed by atoms with van der Waals surface area (Å²) in [6.07, 6.45) is 3.38. The van der Waals surface area contributed by atoms with Gasteiger partial charge in [0.1, 0.15) is 0 Å². The number of nitrogens with one attached hydrogen (secondary N) is 2. The highest BCUT2D eigenvalue weighted by atomic mass is 32.2. The van der Waals surface area contributed by atoms with E-state index in [1.807, 2.05) is 19.1 Å². The van der Waals surface area contributed by atoms with Crippen molar-refractivity contribution in [3.05, 3.63) is 95.8 Å². The van der Waals surface area contributed by atoms with Crippen LogP contribution < -0.4 is 5.32 Å². The normalized spacial score (nSPS) is 11.3. The smallest absolute Gasteiger partial charge is 0.256 e. The summed E-state index contributed by atoms with van der Waals surface area (Å²) < 4.78 is 25.0. The fourth-order valence-electron chi connectivity index (χ4n) is 3.18. The van der Waals surface area contributed by atoms with E-state index in [2.05, 4.69) is 20.5 Å². The van der Waals surface area contributed by atoms with Crippen LogP contribution in [0.3, 0.4) is 0 Å². The third kappa shape index (κ3) is 4.54. The van der Waals surface area contributed by atoms with Gasteiger partial charge in [-0.3, -0.25) is 14.9 Å². The van der Waals surface area contributed by atoms with Crippen molar-refractivity contribution >= 4 is 21.6 Å². The minimum absolute atomic E-state index is 0.132. The number of amides is 1. The van der Waals surface area contributed by atoms with Crippen LogP contribution in [-0.4, -0.2) is 29.5 Å². The molecule has 4 rings (SSSR count). The zero-order valence-corrected chi connectivity index (χ0v) is 17.6. The van der Waals surface area contributed by atoms with Gasteiger partial charge in [0.2, 0.25) is 0 Å². The van der Waals surface area contributed by atoms with Gasteiger partial charge in [-0.15, -0.1) is 0 Å². The summed E-state index contributed by atoms with van der Waals surface area (Å²) >= 11 is 0.